The first-order valence-corrected chi connectivity index (χ1v) is 6.41. The van der Waals surface area contributed by atoms with Crippen LogP contribution in [0.4, 0.5) is 5.69 Å². The quantitative estimate of drug-likeness (QED) is 0.453. The zero-order valence-electron chi connectivity index (χ0n) is 12.0. The molecule has 112 valence electrons. The Morgan fingerprint density at radius 1 is 1.48 bits per heavy atom. The largest absolute Gasteiger partial charge is 0.484 e. The molecular formula is C14H16N2O5. The van der Waals surface area contributed by atoms with Gasteiger partial charge in [0.05, 0.1) is 23.7 Å². The van der Waals surface area contributed by atoms with Crippen LogP contribution in [0.25, 0.3) is 0 Å². The lowest BCUT2D eigenvalue weighted by Gasteiger charge is -2.13. The van der Waals surface area contributed by atoms with Crippen LogP contribution in [0.1, 0.15) is 32.3 Å². The average molecular weight is 292 g/mol. The summed E-state index contributed by atoms with van der Waals surface area (Å²) < 4.78 is 10.2. The predicted octanol–water partition coefficient (Wildman–Crippen LogP) is 2.55. The third-order valence-corrected chi connectivity index (χ3v) is 2.53. The van der Waals surface area contributed by atoms with E-state index in [0.717, 1.165) is 0 Å². The first-order valence-electron chi connectivity index (χ1n) is 6.41. The molecule has 0 aliphatic heterocycles. The van der Waals surface area contributed by atoms with E-state index >= 15 is 0 Å². The molecule has 1 aromatic carbocycles. The number of nitriles is 1. The zero-order valence-corrected chi connectivity index (χ0v) is 12.0. The minimum absolute atomic E-state index is 0.0250. The molecule has 7 nitrogen and oxygen atoms in total. The van der Waals surface area contributed by atoms with Gasteiger partial charge in [-0.15, -0.1) is 0 Å². The molecule has 7 heteroatoms. The Kier molecular flexibility index (Phi) is 5.67. The van der Waals surface area contributed by atoms with Gasteiger partial charge in [-0.05, 0) is 38.5 Å². The first kappa shape index (κ1) is 16.4. The molecule has 0 N–H and O–H groups in total. The molecule has 0 amide bonds. The van der Waals surface area contributed by atoms with Crippen LogP contribution >= 0.6 is 0 Å². The number of nitro groups is 1. The summed E-state index contributed by atoms with van der Waals surface area (Å²) in [4.78, 5) is 22.1. The monoisotopic (exact) mass is 292 g/mol. The van der Waals surface area contributed by atoms with E-state index in [1.165, 1.54) is 18.2 Å². The summed E-state index contributed by atoms with van der Waals surface area (Å²) in [5.41, 5.74) is 0.0881. The van der Waals surface area contributed by atoms with E-state index in [2.05, 4.69) is 0 Å². The molecule has 0 bridgehead atoms. The number of nitro benzene ring substituents is 1. The van der Waals surface area contributed by atoms with E-state index in [1.54, 1.807) is 20.8 Å². The van der Waals surface area contributed by atoms with E-state index in [1.807, 2.05) is 6.07 Å². The molecule has 1 atom stereocenters. The predicted molar refractivity (Wildman–Crippen MR) is 73.8 cm³/mol. The van der Waals surface area contributed by atoms with Gasteiger partial charge in [0.2, 0.25) is 0 Å². The molecule has 1 unspecified atom stereocenters. The van der Waals surface area contributed by atoms with Crippen molar-refractivity contribution in [2.75, 3.05) is 6.61 Å². The van der Waals surface area contributed by atoms with Gasteiger partial charge in [-0.25, -0.2) is 0 Å². The molecule has 0 aliphatic rings. The lowest BCUT2D eigenvalue weighted by atomic mass is 10.00. The van der Waals surface area contributed by atoms with Gasteiger partial charge in [-0.1, -0.05) is 0 Å². The summed E-state index contributed by atoms with van der Waals surface area (Å²) in [7, 11) is 0. The fourth-order valence-electron chi connectivity index (χ4n) is 1.70. The minimum Gasteiger partial charge on any atom is -0.484 e. The molecule has 0 radical (unpaired) electrons. The van der Waals surface area contributed by atoms with Crippen LogP contribution in [0.3, 0.4) is 0 Å². The van der Waals surface area contributed by atoms with E-state index in [-0.39, 0.29) is 24.1 Å². The van der Waals surface area contributed by atoms with Crippen molar-refractivity contribution in [2.24, 2.45) is 0 Å². The summed E-state index contributed by atoms with van der Waals surface area (Å²) in [6.45, 7) is 5.24. The Morgan fingerprint density at radius 3 is 2.62 bits per heavy atom. The summed E-state index contributed by atoms with van der Waals surface area (Å²) in [5, 5.41) is 20.1. The van der Waals surface area contributed by atoms with Crippen LogP contribution in [-0.4, -0.2) is 23.6 Å². The Labute approximate surface area is 122 Å². The Balaban J connectivity index is 3.23. The highest BCUT2D eigenvalue weighted by Gasteiger charge is 2.25. The van der Waals surface area contributed by atoms with Crippen LogP contribution in [-0.2, 0) is 9.53 Å². The van der Waals surface area contributed by atoms with Crippen LogP contribution in [0, 0.1) is 21.4 Å². The molecule has 0 saturated carbocycles. The number of hydrogen-bond acceptors (Lipinski definition) is 6. The number of esters is 1. The number of hydrogen-bond donors (Lipinski definition) is 0. The number of benzene rings is 1. The highest BCUT2D eigenvalue weighted by Crippen LogP contribution is 2.31. The van der Waals surface area contributed by atoms with E-state index in [4.69, 9.17) is 14.7 Å². The van der Waals surface area contributed by atoms with Crippen LogP contribution in [0.5, 0.6) is 5.75 Å². The van der Waals surface area contributed by atoms with Gasteiger partial charge in [-0.2, -0.15) is 5.26 Å². The number of rotatable bonds is 6. The molecule has 1 aromatic rings. The van der Waals surface area contributed by atoms with Crippen molar-refractivity contribution in [1.29, 1.82) is 5.26 Å². The van der Waals surface area contributed by atoms with Crippen molar-refractivity contribution in [3.63, 3.8) is 0 Å². The smallest absolute Gasteiger partial charge is 0.327 e. The second-order valence-electron chi connectivity index (χ2n) is 4.47. The standard InChI is InChI=1S/C14H16N2O5/c1-4-20-14(17)11(8-15)10-5-6-12(16(18)19)13(7-10)21-9(2)3/h5-7,9,11H,4H2,1-3H3. The molecule has 0 heterocycles. The fraction of sp³-hybridized carbons (Fsp3) is 0.429. The molecule has 0 spiro atoms. The van der Waals surface area contributed by atoms with Crippen LogP contribution < -0.4 is 4.74 Å². The third-order valence-electron chi connectivity index (χ3n) is 2.53. The topological polar surface area (TPSA) is 102 Å². The second kappa shape index (κ2) is 7.24. The maximum Gasteiger partial charge on any atom is 0.327 e. The molecule has 0 saturated heterocycles. The number of ether oxygens (including phenoxy) is 2. The lowest BCUT2D eigenvalue weighted by Crippen LogP contribution is -2.15. The SMILES string of the molecule is CCOC(=O)C(C#N)c1ccc([N+](=O)[O-])c(OC(C)C)c1. The highest BCUT2D eigenvalue weighted by molar-refractivity contribution is 5.81. The van der Waals surface area contributed by atoms with Crippen molar-refractivity contribution < 1.29 is 19.2 Å². The summed E-state index contributed by atoms with van der Waals surface area (Å²) in [6, 6.07) is 5.74. The van der Waals surface area contributed by atoms with E-state index in [0.29, 0.717) is 5.56 Å². The van der Waals surface area contributed by atoms with Crippen molar-refractivity contribution in [3.05, 3.63) is 33.9 Å². The molecular weight excluding hydrogens is 276 g/mol. The highest BCUT2D eigenvalue weighted by atomic mass is 16.6. The van der Waals surface area contributed by atoms with Crippen LogP contribution in [0.2, 0.25) is 0 Å². The lowest BCUT2D eigenvalue weighted by molar-refractivity contribution is -0.386. The molecule has 0 aliphatic carbocycles. The maximum atomic E-state index is 11.7. The van der Waals surface area contributed by atoms with E-state index in [9.17, 15) is 14.9 Å². The average Bonchev–Trinajstić information content (AvgIpc) is 2.39. The van der Waals surface area contributed by atoms with Crippen molar-refractivity contribution in [2.45, 2.75) is 32.8 Å². The van der Waals surface area contributed by atoms with Gasteiger partial charge in [0.15, 0.2) is 11.7 Å². The number of nitrogens with zero attached hydrogens (tertiary/aromatic N) is 2. The number of carbonyl (C=O) groups is 1. The minimum atomic E-state index is -1.14. The van der Waals surface area contributed by atoms with Gasteiger partial charge < -0.3 is 9.47 Å². The molecule has 0 aromatic heterocycles. The summed E-state index contributed by atoms with van der Waals surface area (Å²) in [6.07, 6.45) is -0.276. The Bertz CT molecular complexity index is 577. The Hall–Kier alpha value is -2.62. The van der Waals surface area contributed by atoms with E-state index < -0.39 is 16.8 Å². The second-order valence-corrected chi connectivity index (χ2v) is 4.47. The molecule has 1 rings (SSSR count). The molecule has 21 heavy (non-hydrogen) atoms. The van der Waals surface area contributed by atoms with Crippen molar-refractivity contribution in [3.8, 4) is 11.8 Å². The van der Waals surface area contributed by atoms with Gasteiger partial charge in [0.25, 0.3) is 0 Å². The maximum absolute atomic E-state index is 11.7. The fourth-order valence-corrected chi connectivity index (χ4v) is 1.70. The summed E-state index contributed by atoms with van der Waals surface area (Å²) in [5.74, 6) is -1.80. The zero-order chi connectivity index (χ0) is 16.0. The third kappa shape index (κ3) is 4.18. The van der Waals surface area contributed by atoms with Crippen molar-refractivity contribution >= 4 is 11.7 Å². The Morgan fingerprint density at radius 2 is 2.14 bits per heavy atom. The van der Waals surface area contributed by atoms with Gasteiger partial charge >= 0.3 is 11.7 Å². The summed E-state index contributed by atoms with van der Waals surface area (Å²) >= 11 is 0. The van der Waals surface area contributed by atoms with Crippen LogP contribution in [0.15, 0.2) is 18.2 Å². The first-order chi connectivity index (χ1) is 9.90. The molecule has 0 fully saturated rings. The van der Waals surface area contributed by atoms with Gasteiger partial charge in [0.1, 0.15) is 0 Å². The number of carbonyl (C=O) groups excluding carboxylic acids is 1. The normalized spacial score (nSPS) is 11.6. The van der Waals surface area contributed by atoms with Crippen molar-refractivity contribution in [1.82, 2.24) is 0 Å². The van der Waals surface area contributed by atoms with Gasteiger partial charge in [0, 0.05) is 6.07 Å². The van der Waals surface area contributed by atoms with Gasteiger partial charge in [-0.3, -0.25) is 14.9 Å².